The molecule has 0 aliphatic heterocycles. The minimum Gasteiger partial charge on any atom is -0.498 e. The zero-order chi connectivity index (χ0) is 16.5. The fourth-order valence-corrected chi connectivity index (χ4v) is 1.95. The Kier molecular flexibility index (Phi) is 6.17. The van der Waals surface area contributed by atoms with Crippen molar-refractivity contribution in [3.05, 3.63) is 66.2 Å². The van der Waals surface area contributed by atoms with Crippen LogP contribution in [-0.2, 0) is 16.1 Å². The summed E-state index contributed by atoms with van der Waals surface area (Å²) in [7, 11) is 0. The third-order valence-electron chi connectivity index (χ3n) is 2.94. The number of hydrogen-bond acceptors (Lipinski definition) is 4. The number of carbonyl (C=O) groups is 1. The van der Waals surface area contributed by atoms with E-state index in [1.54, 1.807) is 31.5 Å². The van der Waals surface area contributed by atoms with E-state index in [1.807, 2.05) is 31.2 Å². The van der Waals surface area contributed by atoms with Gasteiger partial charge in [-0.15, -0.1) is 0 Å². The van der Waals surface area contributed by atoms with Crippen molar-refractivity contribution in [3.8, 4) is 5.75 Å². The molecule has 0 radical (unpaired) electrons. The molecule has 23 heavy (non-hydrogen) atoms. The molecular formula is C18H20N2O3. The van der Waals surface area contributed by atoms with Gasteiger partial charge in [0.1, 0.15) is 12.4 Å². The summed E-state index contributed by atoms with van der Waals surface area (Å²) in [6.45, 7) is 4.58. The first kappa shape index (κ1) is 16.5. The number of pyridine rings is 1. The lowest BCUT2D eigenvalue weighted by Crippen LogP contribution is -2.09. The number of allylic oxidation sites excluding steroid dienone is 1. The Balaban J connectivity index is 1.94. The molecule has 1 amide bonds. The summed E-state index contributed by atoms with van der Waals surface area (Å²) in [5.41, 5.74) is 1.65. The van der Waals surface area contributed by atoms with Gasteiger partial charge in [0, 0.05) is 35.8 Å². The zero-order valence-corrected chi connectivity index (χ0v) is 13.3. The van der Waals surface area contributed by atoms with E-state index in [2.05, 4.69) is 10.3 Å². The number of ether oxygens (including phenoxy) is 2. The third-order valence-corrected chi connectivity index (χ3v) is 2.94. The Morgan fingerprint density at radius 2 is 2.17 bits per heavy atom. The van der Waals surface area contributed by atoms with Gasteiger partial charge in [0.15, 0.2) is 0 Å². The average molecular weight is 312 g/mol. The van der Waals surface area contributed by atoms with Crippen LogP contribution in [0.4, 0.5) is 5.69 Å². The maximum Gasteiger partial charge on any atom is 0.251 e. The quantitative estimate of drug-likeness (QED) is 0.627. The van der Waals surface area contributed by atoms with Crippen LogP contribution in [0.2, 0.25) is 0 Å². The summed E-state index contributed by atoms with van der Waals surface area (Å²) in [6.07, 6.45) is 4.90. The largest absolute Gasteiger partial charge is 0.498 e. The molecule has 2 aromatic rings. The second kappa shape index (κ2) is 8.58. The van der Waals surface area contributed by atoms with E-state index in [1.165, 1.54) is 6.08 Å². The van der Waals surface area contributed by atoms with Crippen LogP contribution < -0.4 is 10.1 Å². The standard InChI is InChI=1S/C18H20N2O3/c1-3-22-14(2)10-18(21)20-16-7-4-8-17(11-16)23-13-15-6-5-9-19-12-15/h4-12H,3,13H2,1-2H3,(H,20,21). The first-order valence-corrected chi connectivity index (χ1v) is 7.41. The fraction of sp³-hybridized carbons (Fsp3) is 0.222. The predicted octanol–water partition coefficient (Wildman–Crippen LogP) is 3.54. The Morgan fingerprint density at radius 3 is 2.91 bits per heavy atom. The topological polar surface area (TPSA) is 60.5 Å². The Bertz CT molecular complexity index is 669. The average Bonchev–Trinajstić information content (AvgIpc) is 2.54. The second-order valence-electron chi connectivity index (χ2n) is 4.86. The highest BCUT2D eigenvalue weighted by molar-refractivity contribution is 5.99. The highest BCUT2D eigenvalue weighted by Gasteiger charge is 2.02. The van der Waals surface area contributed by atoms with Crippen LogP contribution in [0.1, 0.15) is 19.4 Å². The molecule has 0 saturated carbocycles. The van der Waals surface area contributed by atoms with E-state index in [4.69, 9.17) is 9.47 Å². The first-order valence-electron chi connectivity index (χ1n) is 7.41. The molecule has 0 atom stereocenters. The van der Waals surface area contributed by atoms with Crippen molar-refractivity contribution in [2.24, 2.45) is 0 Å². The van der Waals surface area contributed by atoms with E-state index in [9.17, 15) is 4.79 Å². The van der Waals surface area contributed by atoms with Gasteiger partial charge in [-0.05, 0) is 32.0 Å². The van der Waals surface area contributed by atoms with Gasteiger partial charge in [0.2, 0.25) is 0 Å². The monoisotopic (exact) mass is 312 g/mol. The van der Waals surface area contributed by atoms with Gasteiger partial charge in [-0.25, -0.2) is 0 Å². The zero-order valence-electron chi connectivity index (χ0n) is 13.3. The first-order chi connectivity index (χ1) is 11.2. The third kappa shape index (κ3) is 5.82. The van der Waals surface area contributed by atoms with Crippen LogP contribution in [0.5, 0.6) is 5.75 Å². The maximum atomic E-state index is 11.9. The number of amides is 1. The highest BCUT2D eigenvalue weighted by Crippen LogP contribution is 2.18. The van der Waals surface area contributed by atoms with Gasteiger partial charge >= 0.3 is 0 Å². The minimum atomic E-state index is -0.236. The smallest absolute Gasteiger partial charge is 0.251 e. The fourth-order valence-electron chi connectivity index (χ4n) is 1.95. The molecule has 0 saturated heterocycles. The summed E-state index contributed by atoms with van der Waals surface area (Å²) in [5.74, 6) is 1.02. The van der Waals surface area contributed by atoms with Crippen molar-refractivity contribution in [2.45, 2.75) is 20.5 Å². The van der Waals surface area contributed by atoms with E-state index >= 15 is 0 Å². The lowest BCUT2D eigenvalue weighted by atomic mass is 10.3. The summed E-state index contributed by atoms with van der Waals surface area (Å²) in [5, 5.41) is 2.78. The highest BCUT2D eigenvalue weighted by atomic mass is 16.5. The van der Waals surface area contributed by atoms with Gasteiger partial charge in [-0.2, -0.15) is 0 Å². The molecular weight excluding hydrogens is 292 g/mol. The summed E-state index contributed by atoms with van der Waals surface area (Å²) in [6, 6.07) is 11.1. The van der Waals surface area contributed by atoms with E-state index in [-0.39, 0.29) is 5.91 Å². The van der Waals surface area contributed by atoms with Gasteiger partial charge in [-0.3, -0.25) is 9.78 Å². The molecule has 5 nitrogen and oxygen atoms in total. The normalized spacial score (nSPS) is 11.0. The van der Waals surface area contributed by atoms with Crippen molar-refractivity contribution in [3.63, 3.8) is 0 Å². The molecule has 1 heterocycles. The minimum absolute atomic E-state index is 0.236. The van der Waals surface area contributed by atoms with E-state index in [0.717, 1.165) is 5.56 Å². The molecule has 0 unspecified atom stereocenters. The SMILES string of the molecule is CCOC(C)=CC(=O)Nc1cccc(OCc2cccnc2)c1. The molecule has 1 aromatic heterocycles. The van der Waals surface area contributed by atoms with Crippen LogP contribution in [0.15, 0.2) is 60.6 Å². The van der Waals surface area contributed by atoms with Crippen molar-refractivity contribution in [1.82, 2.24) is 4.98 Å². The van der Waals surface area contributed by atoms with Gasteiger partial charge in [-0.1, -0.05) is 12.1 Å². The van der Waals surface area contributed by atoms with Crippen LogP contribution >= 0.6 is 0 Å². The van der Waals surface area contributed by atoms with Gasteiger partial charge < -0.3 is 14.8 Å². The lowest BCUT2D eigenvalue weighted by molar-refractivity contribution is -0.112. The molecule has 5 heteroatoms. The number of aromatic nitrogens is 1. The Labute approximate surface area is 136 Å². The summed E-state index contributed by atoms with van der Waals surface area (Å²) >= 11 is 0. The van der Waals surface area contributed by atoms with Crippen molar-refractivity contribution in [2.75, 3.05) is 11.9 Å². The van der Waals surface area contributed by atoms with Gasteiger partial charge in [0.25, 0.3) is 5.91 Å². The predicted molar refractivity (Wildman–Crippen MR) is 89.0 cm³/mol. The molecule has 0 aliphatic carbocycles. The van der Waals surface area contributed by atoms with Crippen molar-refractivity contribution in [1.29, 1.82) is 0 Å². The number of carbonyl (C=O) groups excluding carboxylic acids is 1. The summed E-state index contributed by atoms with van der Waals surface area (Å²) < 4.78 is 10.9. The number of anilines is 1. The molecule has 1 aromatic carbocycles. The second-order valence-corrected chi connectivity index (χ2v) is 4.86. The number of nitrogens with one attached hydrogen (secondary N) is 1. The summed E-state index contributed by atoms with van der Waals surface area (Å²) in [4.78, 5) is 15.9. The number of rotatable bonds is 7. The Morgan fingerprint density at radius 1 is 1.30 bits per heavy atom. The molecule has 0 aliphatic rings. The number of hydrogen-bond donors (Lipinski definition) is 1. The molecule has 0 spiro atoms. The molecule has 1 N–H and O–H groups in total. The van der Waals surface area contributed by atoms with Crippen molar-refractivity contribution >= 4 is 11.6 Å². The maximum absolute atomic E-state index is 11.9. The van der Waals surface area contributed by atoms with Crippen molar-refractivity contribution < 1.29 is 14.3 Å². The van der Waals surface area contributed by atoms with Crippen LogP contribution in [0.3, 0.4) is 0 Å². The van der Waals surface area contributed by atoms with E-state index < -0.39 is 0 Å². The molecule has 0 bridgehead atoms. The van der Waals surface area contributed by atoms with E-state index in [0.29, 0.717) is 30.4 Å². The number of benzene rings is 1. The molecule has 120 valence electrons. The number of nitrogens with zero attached hydrogens (tertiary/aromatic N) is 1. The molecule has 0 fully saturated rings. The van der Waals surface area contributed by atoms with Crippen LogP contribution in [0, 0.1) is 0 Å². The van der Waals surface area contributed by atoms with Crippen LogP contribution in [0.25, 0.3) is 0 Å². The van der Waals surface area contributed by atoms with Gasteiger partial charge in [0.05, 0.1) is 12.4 Å². The lowest BCUT2D eigenvalue weighted by Gasteiger charge is -2.09. The Hall–Kier alpha value is -2.82. The molecule has 2 rings (SSSR count). The van der Waals surface area contributed by atoms with Crippen LogP contribution in [-0.4, -0.2) is 17.5 Å².